The number of hydrogen-bond acceptors (Lipinski definition) is 11. The van der Waals surface area contributed by atoms with Crippen molar-refractivity contribution in [1.82, 2.24) is 0 Å². The van der Waals surface area contributed by atoms with Crippen molar-refractivity contribution in [3.8, 4) is 5.75 Å². The van der Waals surface area contributed by atoms with Gasteiger partial charge < -0.3 is 13.6 Å². The summed E-state index contributed by atoms with van der Waals surface area (Å²) in [5, 5.41) is 11.5. The van der Waals surface area contributed by atoms with E-state index in [1.807, 2.05) is 25.6 Å². The van der Waals surface area contributed by atoms with Crippen LogP contribution in [0.2, 0.25) is 0 Å². The van der Waals surface area contributed by atoms with Crippen LogP contribution in [-0.2, 0) is 41.7 Å². The fourth-order valence-corrected chi connectivity index (χ4v) is 10.9. The smallest absolute Gasteiger partial charge is 0.380 e. The SMILES string of the molecule is CCOP(=S)(OCC)Oc1ccc([N+](=O)[O-])cc1.CCOP(=S)(OCC)SCSCC. The third kappa shape index (κ3) is 14.2. The van der Waals surface area contributed by atoms with Crippen LogP contribution in [0.25, 0.3) is 0 Å². The predicted octanol–water partition coefficient (Wildman–Crippen LogP) is 7.00. The third-order valence-corrected chi connectivity index (χ3v) is 12.4. The van der Waals surface area contributed by atoms with Gasteiger partial charge in [-0.15, -0.1) is 0 Å². The van der Waals surface area contributed by atoms with Crippen LogP contribution in [0.1, 0.15) is 34.6 Å². The highest BCUT2D eigenvalue weighted by Gasteiger charge is 2.21. The first kappa shape index (κ1) is 31.3. The van der Waals surface area contributed by atoms with E-state index in [-0.39, 0.29) is 5.69 Å². The summed E-state index contributed by atoms with van der Waals surface area (Å²) >= 11 is 14.0. The lowest BCUT2D eigenvalue weighted by molar-refractivity contribution is -0.384. The van der Waals surface area contributed by atoms with E-state index in [9.17, 15) is 10.1 Å². The van der Waals surface area contributed by atoms with Crippen LogP contribution in [0.5, 0.6) is 5.75 Å². The lowest BCUT2D eigenvalue weighted by Crippen LogP contribution is -2.02. The molecule has 0 unspecified atom stereocenters. The Labute approximate surface area is 203 Å². The average Bonchev–Trinajstić information content (AvgIpc) is 2.69. The first-order chi connectivity index (χ1) is 14.7. The van der Waals surface area contributed by atoms with Gasteiger partial charge >= 0.3 is 6.72 Å². The van der Waals surface area contributed by atoms with Gasteiger partial charge in [0.05, 0.1) is 31.4 Å². The molecule has 0 aromatic heterocycles. The minimum absolute atomic E-state index is 0.0107. The first-order valence-electron chi connectivity index (χ1n) is 9.63. The molecule has 0 amide bonds. The van der Waals surface area contributed by atoms with E-state index in [1.54, 1.807) is 25.2 Å². The number of rotatable bonds is 15. The van der Waals surface area contributed by atoms with Gasteiger partial charge in [-0.1, -0.05) is 18.3 Å². The second-order valence-electron chi connectivity index (χ2n) is 5.15. The fourth-order valence-electron chi connectivity index (χ4n) is 1.78. The summed E-state index contributed by atoms with van der Waals surface area (Å²) in [5.41, 5.74) is -2.03. The zero-order valence-corrected chi connectivity index (χ0v) is 23.4. The van der Waals surface area contributed by atoms with Crippen molar-refractivity contribution >= 4 is 64.9 Å². The number of nitro groups is 1. The van der Waals surface area contributed by atoms with Gasteiger partial charge in [0.15, 0.2) is 0 Å². The molecular weight excluding hydrogens is 520 g/mol. The highest BCUT2D eigenvalue weighted by Crippen LogP contribution is 2.61. The molecule has 0 N–H and O–H groups in total. The number of nitro benzene ring substituents is 1. The van der Waals surface area contributed by atoms with Crippen LogP contribution in [0, 0.1) is 10.1 Å². The van der Waals surface area contributed by atoms with E-state index in [0.29, 0.717) is 32.2 Å². The minimum atomic E-state index is -2.82. The normalized spacial score (nSPS) is 11.5. The molecule has 0 spiro atoms. The molecule has 0 fully saturated rings. The lowest BCUT2D eigenvalue weighted by Gasteiger charge is -2.20. The standard InChI is InChI=1S/C10H14NO5PS.C7H17O2PS3/c1-3-14-17(18,15-4-2)16-10-7-5-9(6-8-10)11(12)13;1-4-8-10(11,9-5-2)13-7-12-6-3/h5-8H,3-4H2,1-2H3;4-7H2,1-3H3. The minimum Gasteiger partial charge on any atom is -0.424 e. The van der Waals surface area contributed by atoms with E-state index in [1.165, 1.54) is 24.3 Å². The van der Waals surface area contributed by atoms with E-state index in [4.69, 9.17) is 46.2 Å². The second kappa shape index (κ2) is 17.7. The summed E-state index contributed by atoms with van der Waals surface area (Å²) in [5.74, 6) is 1.51. The Kier molecular flexibility index (Phi) is 17.8. The maximum Gasteiger partial charge on any atom is 0.380 e. The topological polar surface area (TPSA) is 89.3 Å². The summed E-state index contributed by atoms with van der Waals surface area (Å²) < 4.78 is 27.0. The van der Waals surface area contributed by atoms with Gasteiger partial charge in [0.25, 0.3) is 5.69 Å². The molecule has 0 saturated carbocycles. The van der Waals surface area contributed by atoms with Gasteiger partial charge in [-0.2, -0.15) is 11.8 Å². The Balaban J connectivity index is 0.000000615. The summed E-state index contributed by atoms with van der Waals surface area (Å²) in [7, 11) is 0. The Hall–Kier alpha value is 0.260. The van der Waals surface area contributed by atoms with Crippen molar-refractivity contribution in [2.24, 2.45) is 0 Å². The van der Waals surface area contributed by atoms with Crippen LogP contribution < -0.4 is 4.52 Å². The quantitative estimate of drug-likeness (QED) is 0.0742. The average molecular weight is 552 g/mol. The molecule has 0 aliphatic carbocycles. The number of thioether (sulfide) groups is 1. The monoisotopic (exact) mass is 551 g/mol. The largest absolute Gasteiger partial charge is 0.424 e. The number of hydrogen-bond donors (Lipinski definition) is 0. The van der Waals surface area contributed by atoms with Crippen LogP contribution in [-0.4, -0.2) is 42.2 Å². The zero-order chi connectivity index (χ0) is 23.8. The molecule has 0 aliphatic rings. The molecule has 1 aromatic carbocycles. The first-order valence-corrected chi connectivity index (χ1v) is 17.6. The molecule has 0 aliphatic heterocycles. The molecule has 0 bridgehead atoms. The molecule has 8 nitrogen and oxygen atoms in total. The molecule has 14 heteroatoms. The Bertz CT molecular complexity index is 705. The summed E-state index contributed by atoms with van der Waals surface area (Å²) in [6.07, 6.45) is 0. The Morgan fingerprint density at radius 1 is 0.903 bits per heavy atom. The van der Waals surface area contributed by atoms with E-state index in [2.05, 4.69) is 6.92 Å². The van der Waals surface area contributed by atoms with Crippen molar-refractivity contribution in [3.05, 3.63) is 34.4 Å². The van der Waals surface area contributed by atoms with Gasteiger partial charge in [-0.05, 0) is 57.4 Å². The lowest BCUT2D eigenvalue weighted by atomic mass is 10.3. The molecule has 1 rings (SSSR count). The third-order valence-electron chi connectivity index (χ3n) is 2.91. The van der Waals surface area contributed by atoms with Gasteiger partial charge in [-0.3, -0.25) is 19.2 Å². The van der Waals surface area contributed by atoms with Crippen LogP contribution >= 0.6 is 35.6 Å². The van der Waals surface area contributed by atoms with Gasteiger partial charge in [-0.25, -0.2) is 0 Å². The van der Waals surface area contributed by atoms with Crippen molar-refractivity contribution in [3.63, 3.8) is 0 Å². The Morgan fingerprint density at radius 3 is 1.77 bits per heavy atom. The van der Waals surface area contributed by atoms with Crippen molar-refractivity contribution in [2.75, 3.05) is 37.3 Å². The summed E-state index contributed by atoms with van der Waals surface area (Å²) in [6, 6.07) is 5.62. The van der Waals surface area contributed by atoms with Crippen molar-refractivity contribution in [2.45, 2.75) is 34.6 Å². The van der Waals surface area contributed by atoms with Gasteiger partial charge in [0, 0.05) is 29.0 Å². The predicted molar refractivity (Wildman–Crippen MR) is 139 cm³/mol. The number of non-ortho nitro benzene ring substituents is 1. The van der Waals surface area contributed by atoms with E-state index in [0.717, 1.165) is 10.8 Å². The fraction of sp³-hybridized carbons (Fsp3) is 0.647. The molecule has 31 heavy (non-hydrogen) atoms. The summed E-state index contributed by atoms with van der Waals surface area (Å²) in [6.45, 7) is 8.84. The maximum absolute atomic E-state index is 10.5. The molecule has 180 valence electrons. The van der Waals surface area contributed by atoms with Crippen molar-refractivity contribution in [1.29, 1.82) is 0 Å². The van der Waals surface area contributed by atoms with E-state index < -0.39 is 17.3 Å². The second-order valence-corrected chi connectivity index (χ2v) is 16.0. The van der Waals surface area contributed by atoms with Crippen molar-refractivity contribution < 1.29 is 27.5 Å². The van der Waals surface area contributed by atoms with E-state index >= 15 is 0 Å². The molecule has 0 saturated heterocycles. The molecule has 0 heterocycles. The van der Waals surface area contributed by atoms with Crippen LogP contribution in [0.15, 0.2) is 24.3 Å². The molecule has 0 radical (unpaired) electrons. The maximum atomic E-state index is 10.5. The molecule has 0 atom stereocenters. The molecular formula is C17H31NO7P2S4. The van der Waals surface area contributed by atoms with Gasteiger partial charge in [0.1, 0.15) is 5.75 Å². The summed E-state index contributed by atoms with van der Waals surface area (Å²) in [4.78, 5) is 10.0. The Morgan fingerprint density at radius 2 is 1.39 bits per heavy atom. The number of benzene rings is 1. The zero-order valence-electron chi connectivity index (χ0n) is 18.4. The highest BCUT2D eigenvalue weighted by molar-refractivity contribution is 8.69. The number of nitrogens with zero attached hydrogens (tertiary/aromatic N) is 1. The van der Waals surface area contributed by atoms with Crippen LogP contribution in [0.4, 0.5) is 5.69 Å². The van der Waals surface area contributed by atoms with Gasteiger partial charge in [0.2, 0.25) is 5.69 Å². The highest BCUT2D eigenvalue weighted by atomic mass is 32.9. The molecule has 1 aromatic rings. The van der Waals surface area contributed by atoms with Crippen LogP contribution in [0.3, 0.4) is 0 Å².